The topological polar surface area (TPSA) is 112 Å². The first-order valence-corrected chi connectivity index (χ1v) is 5.87. The van der Waals surface area contributed by atoms with E-state index < -0.39 is 17.9 Å². The molecular weight excluding hydrogens is 260 g/mol. The highest BCUT2D eigenvalue weighted by molar-refractivity contribution is 7.08. The van der Waals surface area contributed by atoms with Gasteiger partial charge in [0, 0.05) is 6.54 Å². The SMILES string of the molecule is Cc1nnsc1C(=O)N1CC(=O)NCC1C(=O)O. The van der Waals surface area contributed by atoms with Gasteiger partial charge in [-0.1, -0.05) is 4.49 Å². The van der Waals surface area contributed by atoms with Crippen molar-refractivity contribution in [3.05, 3.63) is 10.6 Å². The van der Waals surface area contributed by atoms with Crippen LogP contribution in [-0.2, 0) is 9.59 Å². The average Bonchev–Trinajstić information content (AvgIpc) is 2.74. The van der Waals surface area contributed by atoms with Crippen LogP contribution in [0.4, 0.5) is 0 Å². The molecule has 1 saturated heterocycles. The monoisotopic (exact) mass is 270 g/mol. The van der Waals surface area contributed by atoms with Gasteiger partial charge in [0.1, 0.15) is 17.5 Å². The summed E-state index contributed by atoms with van der Waals surface area (Å²) in [6.45, 7) is 1.24. The van der Waals surface area contributed by atoms with Gasteiger partial charge in [-0.05, 0) is 18.5 Å². The van der Waals surface area contributed by atoms with Crippen molar-refractivity contribution in [1.82, 2.24) is 19.8 Å². The Kier molecular flexibility index (Phi) is 3.24. The van der Waals surface area contributed by atoms with Gasteiger partial charge in [0.05, 0.1) is 5.69 Å². The Labute approximate surface area is 106 Å². The van der Waals surface area contributed by atoms with Gasteiger partial charge in [-0.3, -0.25) is 9.59 Å². The Morgan fingerprint density at radius 1 is 1.56 bits per heavy atom. The highest BCUT2D eigenvalue weighted by Gasteiger charge is 2.36. The van der Waals surface area contributed by atoms with Crippen LogP contribution in [-0.4, -0.2) is 56.5 Å². The van der Waals surface area contributed by atoms with Crippen LogP contribution < -0.4 is 5.32 Å². The van der Waals surface area contributed by atoms with Gasteiger partial charge in [-0.15, -0.1) is 5.10 Å². The lowest BCUT2D eigenvalue weighted by Gasteiger charge is -2.32. The zero-order valence-electron chi connectivity index (χ0n) is 9.41. The Bertz CT molecular complexity index is 514. The highest BCUT2D eigenvalue weighted by atomic mass is 32.1. The number of aliphatic carboxylic acids is 1. The standard InChI is InChI=1S/C9H10N4O4S/c1-4-7(18-12-11-4)8(15)13-3-6(14)10-2-5(13)9(16)17/h5H,2-3H2,1H3,(H,10,14)(H,16,17). The van der Waals surface area contributed by atoms with E-state index in [1.807, 2.05) is 0 Å². The number of carboxylic acid groups (broad SMARTS) is 1. The van der Waals surface area contributed by atoms with E-state index in [2.05, 4.69) is 14.9 Å². The minimum atomic E-state index is -1.15. The van der Waals surface area contributed by atoms with E-state index in [1.54, 1.807) is 6.92 Å². The second-order valence-corrected chi connectivity index (χ2v) is 4.53. The maximum Gasteiger partial charge on any atom is 0.328 e. The summed E-state index contributed by atoms with van der Waals surface area (Å²) in [5.41, 5.74) is 0.431. The van der Waals surface area contributed by atoms with Crippen LogP contribution in [0.1, 0.15) is 15.4 Å². The molecule has 1 aliphatic heterocycles. The summed E-state index contributed by atoms with van der Waals surface area (Å²) in [7, 11) is 0. The number of carbonyl (C=O) groups is 3. The smallest absolute Gasteiger partial charge is 0.328 e. The molecule has 1 fully saturated rings. The van der Waals surface area contributed by atoms with E-state index in [-0.39, 0.29) is 23.9 Å². The van der Waals surface area contributed by atoms with Crippen molar-refractivity contribution in [2.75, 3.05) is 13.1 Å². The number of nitrogens with zero attached hydrogens (tertiary/aromatic N) is 3. The van der Waals surface area contributed by atoms with Gasteiger partial charge in [0.25, 0.3) is 5.91 Å². The molecular formula is C9H10N4O4S. The van der Waals surface area contributed by atoms with Crippen molar-refractivity contribution in [2.45, 2.75) is 13.0 Å². The first kappa shape index (κ1) is 12.4. The lowest BCUT2D eigenvalue weighted by Crippen LogP contribution is -2.59. The first-order chi connectivity index (χ1) is 8.50. The number of hydrogen-bond acceptors (Lipinski definition) is 6. The highest BCUT2D eigenvalue weighted by Crippen LogP contribution is 2.16. The number of nitrogens with one attached hydrogen (secondary N) is 1. The van der Waals surface area contributed by atoms with Crippen molar-refractivity contribution in [2.24, 2.45) is 0 Å². The van der Waals surface area contributed by atoms with Crippen LogP contribution in [0, 0.1) is 6.92 Å². The van der Waals surface area contributed by atoms with E-state index in [0.717, 1.165) is 16.4 Å². The largest absolute Gasteiger partial charge is 0.480 e. The number of aryl methyl sites for hydroxylation is 1. The van der Waals surface area contributed by atoms with Crippen molar-refractivity contribution >= 4 is 29.3 Å². The zero-order valence-corrected chi connectivity index (χ0v) is 10.2. The fraction of sp³-hybridized carbons (Fsp3) is 0.444. The molecule has 2 rings (SSSR count). The fourth-order valence-electron chi connectivity index (χ4n) is 1.63. The molecule has 1 aromatic rings. The summed E-state index contributed by atoms with van der Waals surface area (Å²) in [4.78, 5) is 35.8. The number of hydrogen-bond donors (Lipinski definition) is 2. The molecule has 2 amide bonds. The van der Waals surface area contributed by atoms with E-state index in [4.69, 9.17) is 5.11 Å². The molecule has 1 unspecified atom stereocenters. The number of rotatable bonds is 2. The summed E-state index contributed by atoms with van der Waals surface area (Å²) in [6.07, 6.45) is 0. The Hall–Kier alpha value is -2.03. The minimum Gasteiger partial charge on any atom is -0.480 e. The van der Waals surface area contributed by atoms with Gasteiger partial charge in [0.2, 0.25) is 5.91 Å². The fourth-order valence-corrected chi connectivity index (χ4v) is 2.25. The maximum absolute atomic E-state index is 12.2. The predicted octanol–water partition coefficient (Wildman–Crippen LogP) is -1.13. The van der Waals surface area contributed by atoms with E-state index in [9.17, 15) is 14.4 Å². The number of amides is 2. The Morgan fingerprint density at radius 3 is 2.83 bits per heavy atom. The molecule has 1 aliphatic rings. The molecule has 8 nitrogen and oxygen atoms in total. The number of aromatic nitrogens is 2. The Balaban J connectivity index is 2.28. The van der Waals surface area contributed by atoms with E-state index >= 15 is 0 Å². The molecule has 18 heavy (non-hydrogen) atoms. The maximum atomic E-state index is 12.2. The van der Waals surface area contributed by atoms with Crippen LogP contribution in [0.25, 0.3) is 0 Å². The van der Waals surface area contributed by atoms with Crippen LogP contribution in [0.2, 0.25) is 0 Å². The van der Waals surface area contributed by atoms with Gasteiger partial charge >= 0.3 is 5.97 Å². The first-order valence-electron chi connectivity index (χ1n) is 5.10. The van der Waals surface area contributed by atoms with Crippen molar-refractivity contribution in [1.29, 1.82) is 0 Å². The summed E-state index contributed by atoms with van der Waals surface area (Å²) in [5.74, 6) is -2.06. The molecule has 0 spiro atoms. The number of piperazine rings is 1. The summed E-state index contributed by atoms with van der Waals surface area (Å²) < 4.78 is 3.62. The van der Waals surface area contributed by atoms with Crippen LogP contribution in [0.15, 0.2) is 0 Å². The van der Waals surface area contributed by atoms with Crippen LogP contribution >= 0.6 is 11.5 Å². The van der Waals surface area contributed by atoms with Crippen LogP contribution in [0.3, 0.4) is 0 Å². The minimum absolute atomic E-state index is 0.0921. The zero-order chi connectivity index (χ0) is 13.3. The molecule has 96 valence electrons. The lowest BCUT2D eigenvalue weighted by atomic mass is 10.1. The van der Waals surface area contributed by atoms with Crippen molar-refractivity contribution in [3.8, 4) is 0 Å². The predicted molar refractivity (Wildman–Crippen MR) is 60.1 cm³/mol. The molecule has 1 aromatic heterocycles. The number of carbonyl (C=O) groups excluding carboxylic acids is 2. The van der Waals surface area contributed by atoms with Crippen molar-refractivity contribution in [3.63, 3.8) is 0 Å². The van der Waals surface area contributed by atoms with E-state index in [1.165, 1.54) is 0 Å². The molecule has 2 heterocycles. The second kappa shape index (κ2) is 4.69. The molecule has 1 atom stereocenters. The summed E-state index contributed by atoms with van der Waals surface area (Å²) in [6, 6.07) is -1.06. The van der Waals surface area contributed by atoms with Gasteiger partial charge in [0.15, 0.2) is 0 Å². The molecule has 0 aromatic carbocycles. The van der Waals surface area contributed by atoms with E-state index in [0.29, 0.717) is 5.69 Å². The van der Waals surface area contributed by atoms with Gasteiger partial charge < -0.3 is 15.3 Å². The third-order valence-corrected chi connectivity index (χ3v) is 3.39. The average molecular weight is 270 g/mol. The molecule has 0 saturated carbocycles. The molecule has 0 aliphatic carbocycles. The van der Waals surface area contributed by atoms with Crippen molar-refractivity contribution < 1.29 is 19.5 Å². The number of carboxylic acids is 1. The second-order valence-electron chi connectivity index (χ2n) is 3.78. The molecule has 2 N–H and O–H groups in total. The normalized spacial score (nSPS) is 19.5. The summed E-state index contributed by atoms with van der Waals surface area (Å²) in [5, 5.41) is 15.1. The van der Waals surface area contributed by atoms with Gasteiger partial charge in [-0.2, -0.15) is 0 Å². The molecule has 0 bridgehead atoms. The molecule has 0 radical (unpaired) electrons. The quantitative estimate of drug-likeness (QED) is 0.703. The third kappa shape index (κ3) is 2.16. The van der Waals surface area contributed by atoms with Gasteiger partial charge in [-0.25, -0.2) is 4.79 Å². The lowest BCUT2D eigenvalue weighted by molar-refractivity contribution is -0.144. The summed E-state index contributed by atoms with van der Waals surface area (Å²) >= 11 is 0.889. The van der Waals surface area contributed by atoms with Crippen LogP contribution in [0.5, 0.6) is 0 Å². The Morgan fingerprint density at radius 2 is 2.28 bits per heavy atom. The third-order valence-electron chi connectivity index (χ3n) is 2.57. The molecule has 9 heteroatoms.